The summed E-state index contributed by atoms with van der Waals surface area (Å²) in [5.74, 6) is 0.772. The molecule has 0 bridgehead atoms. The summed E-state index contributed by atoms with van der Waals surface area (Å²) in [6, 6.07) is 17.6. The summed E-state index contributed by atoms with van der Waals surface area (Å²) in [4.78, 5) is 14.9. The van der Waals surface area contributed by atoms with E-state index < -0.39 is 5.60 Å². The van der Waals surface area contributed by atoms with Gasteiger partial charge in [0, 0.05) is 17.1 Å². The fourth-order valence-corrected chi connectivity index (χ4v) is 4.76. The number of hydrogen-bond acceptors (Lipinski definition) is 3. The van der Waals surface area contributed by atoms with Gasteiger partial charge in [0.05, 0.1) is 25.9 Å². The predicted octanol–water partition coefficient (Wildman–Crippen LogP) is 4.99. The first kappa shape index (κ1) is 20.4. The number of halogens is 1. The number of amides is 1. The minimum Gasteiger partial charge on any atom is -0.370 e. The molecular formula is C24H28ClNO3. The Balaban J connectivity index is 1.53. The van der Waals surface area contributed by atoms with Crippen molar-refractivity contribution in [2.45, 2.75) is 32.0 Å². The molecule has 2 aromatic carbocycles. The summed E-state index contributed by atoms with van der Waals surface area (Å²) >= 11 is 6.08. The lowest BCUT2D eigenvalue weighted by Gasteiger charge is -2.50. The molecule has 0 radical (unpaired) electrons. The summed E-state index contributed by atoms with van der Waals surface area (Å²) in [6.07, 6.45) is 0.938. The maximum atomic E-state index is 13.1. The Labute approximate surface area is 177 Å². The molecule has 2 saturated heterocycles. The van der Waals surface area contributed by atoms with E-state index in [-0.39, 0.29) is 12.0 Å². The van der Waals surface area contributed by atoms with Gasteiger partial charge in [0.2, 0.25) is 0 Å². The number of ether oxygens (including phenoxy) is 2. The fourth-order valence-electron chi connectivity index (χ4n) is 4.57. The van der Waals surface area contributed by atoms with Gasteiger partial charge in [-0.25, -0.2) is 0 Å². The van der Waals surface area contributed by atoms with Crippen LogP contribution in [0.5, 0.6) is 0 Å². The second kappa shape index (κ2) is 8.47. The van der Waals surface area contributed by atoms with Crippen LogP contribution in [0.2, 0.25) is 5.02 Å². The van der Waals surface area contributed by atoms with E-state index in [4.69, 9.17) is 21.1 Å². The van der Waals surface area contributed by atoms with Crippen LogP contribution in [0.4, 0.5) is 0 Å². The SMILES string of the molecule is CC(C)[C@@H]1C[C@@]2(CO[C@H]1c1ccccc1)CN(C(=O)c1cccc(Cl)c1)CCO2. The molecule has 0 saturated carbocycles. The largest absolute Gasteiger partial charge is 0.370 e. The third-order valence-electron chi connectivity index (χ3n) is 6.11. The molecule has 0 aromatic heterocycles. The van der Waals surface area contributed by atoms with Crippen molar-refractivity contribution in [3.8, 4) is 0 Å². The normalized spacial score (nSPS) is 27.4. The number of carbonyl (C=O) groups is 1. The molecule has 2 fully saturated rings. The minimum absolute atomic E-state index is 0.00135. The fraction of sp³-hybridized carbons (Fsp3) is 0.458. The third kappa shape index (κ3) is 4.35. The van der Waals surface area contributed by atoms with Crippen molar-refractivity contribution in [3.63, 3.8) is 0 Å². The Kier molecular flexibility index (Phi) is 5.95. The number of morpholine rings is 1. The van der Waals surface area contributed by atoms with Crippen molar-refractivity contribution in [2.75, 3.05) is 26.3 Å². The molecule has 2 heterocycles. The van der Waals surface area contributed by atoms with Gasteiger partial charge in [-0.15, -0.1) is 0 Å². The van der Waals surface area contributed by atoms with Crippen molar-refractivity contribution < 1.29 is 14.3 Å². The van der Waals surface area contributed by atoms with Crippen molar-refractivity contribution >= 4 is 17.5 Å². The third-order valence-corrected chi connectivity index (χ3v) is 6.35. The highest BCUT2D eigenvalue weighted by molar-refractivity contribution is 6.30. The predicted molar refractivity (Wildman–Crippen MR) is 114 cm³/mol. The molecule has 1 amide bonds. The van der Waals surface area contributed by atoms with E-state index in [2.05, 4.69) is 38.1 Å². The van der Waals surface area contributed by atoms with Crippen molar-refractivity contribution in [1.82, 2.24) is 4.90 Å². The zero-order valence-corrected chi connectivity index (χ0v) is 17.8. The quantitative estimate of drug-likeness (QED) is 0.711. The molecular weight excluding hydrogens is 386 g/mol. The Morgan fingerprint density at radius 3 is 2.69 bits per heavy atom. The van der Waals surface area contributed by atoms with Gasteiger partial charge in [-0.3, -0.25) is 4.79 Å². The van der Waals surface area contributed by atoms with Crippen LogP contribution in [0.3, 0.4) is 0 Å². The number of benzene rings is 2. The topological polar surface area (TPSA) is 38.8 Å². The van der Waals surface area contributed by atoms with Crippen LogP contribution in [0.1, 0.15) is 42.3 Å². The summed E-state index contributed by atoms with van der Waals surface area (Å²) in [7, 11) is 0. The lowest BCUT2D eigenvalue weighted by molar-refractivity contribution is -0.204. The number of carbonyl (C=O) groups excluding carboxylic acids is 1. The van der Waals surface area contributed by atoms with Crippen LogP contribution in [-0.4, -0.2) is 42.7 Å². The lowest BCUT2D eigenvalue weighted by atomic mass is 9.75. The van der Waals surface area contributed by atoms with Gasteiger partial charge in [0.25, 0.3) is 5.91 Å². The van der Waals surface area contributed by atoms with Crippen LogP contribution in [-0.2, 0) is 9.47 Å². The van der Waals surface area contributed by atoms with Gasteiger partial charge in [-0.05, 0) is 42.0 Å². The van der Waals surface area contributed by atoms with Crippen LogP contribution in [0.15, 0.2) is 54.6 Å². The van der Waals surface area contributed by atoms with Crippen molar-refractivity contribution in [2.24, 2.45) is 11.8 Å². The molecule has 2 aliphatic heterocycles. The molecule has 5 heteroatoms. The van der Waals surface area contributed by atoms with Gasteiger partial charge in [0.15, 0.2) is 0 Å². The lowest BCUT2D eigenvalue weighted by Crippen LogP contribution is -2.59. The van der Waals surface area contributed by atoms with E-state index in [1.807, 2.05) is 23.1 Å². The van der Waals surface area contributed by atoms with E-state index in [1.165, 1.54) is 5.56 Å². The van der Waals surface area contributed by atoms with E-state index >= 15 is 0 Å². The highest BCUT2D eigenvalue weighted by atomic mass is 35.5. The first-order valence-corrected chi connectivity index (χ1v) is 10.7. The Bertz CT molecular complexity index is 856. The first-order chi connectivity index (χ1) is 14.0. The summed E-state index contributed by atoms with van der Waals surface area (Å²) in [5.41, 5.74) is 1.38. The number of hydrogen-bond donors (Lipinski definition) is 0. The molecule has 0 unspecified atom stereocenters. The van der Waals surface area contributed by atoms with Crippen LogP contribution in [0.25, 0.3) is 0 Å². The standard InChI is InChI=1S/C24H28ClNO3/c1-17(2)21-14-24(16-28-22(21)18-7-4-3-5-8-18)15-26(11-12-29-24)23(27)19-9-6-10-20(25)13-19/h3-10,13,17,21-22H,11-12,14-16H2,1-2H3/t21-,22-,24-/m0/s1. The monoisotopic (exact) mass is 413 g/mol. The molecule has 2 aromatic rings. The average Bonchev–Trinajstić information content (AvgIpc) is 2.74. The molecule has 2 aliphatic rings. The highest BCUT2D eigenvalue weighted by Crippen LogP contribution is 2.44. The Morgan fingerprint density at radius 2 is 1.97 bits per heavy atom. The maximum absolute atomic E-state index is 13.1. The van der Waals surface area contributed by atoms with Gasteiger partial charge in [-0.1, -0.05) is 61.8 Å². The number of nitrogens with zero attached hydrogens (tertiary/aromatic N) is 1. The Morgan fingerprint density at radius 1 is 1.17 bits per heavy atom. The average molecular weight is 414 g/mol. The summed E-state index contributed by atoms with van der Waals surface area (Å²) in [6.45, 7) is 6.62. The Hall–Kier alpha value is -1.88. The zero-order valence-electron chi connectivity index (χ0n) is 17.0. The van der Waals surface area contributed by atoms with Gasteiger partial charge >= 0.3 is 0 Å². The number of rotatable bonds is 3. The van der Waals surface area contributed by atoms with Gasteiger partial charge in [-0.2, -0.15) is 0 Å². The van der Waals surface area contributed by atoms with Crippen molar-refractivity contribution in [3.05, 3.63) is 70.7 Å². The van der Waals surface area contributed by atoms with Crippen LogP contribution in [0, 0.1) is 11.8 Å². The van der Waals surface area contributed by atoms with Crippen LogP contribution >= 0.6 is 11.6 Å². The smallest absolute Gasteiger partial charge is 0.254 e. The molecule has 3 atom stereocenters. The van der Waals surface area contributed by atoms with E-state index in [9.17, 15) is 4.79 Å². The molecule has 154 valence electrons. The second-order valence-electron chi connectivity index (χ2n) is 8.52. The van der Waals surface area contributed by atoms with Gasteiger partial charge < -0.3 is 14.4 Å². The maximum Gasteiger partial charge on any atom is 0.254 e. The molecule has 29 heavy (non-hydrogen) atoms. The van der Waals surface area contributed by atoms with E-state index in [0.29, 0.717) is 48.7 Å². The van der Waals surface area contributed by atoms with E-state index in [1.54, 1.807) is 12.1 Å². The van der Waals surface area contributed by atoms with Gasteiger partial charge in [0.1, 0.15) is 5.60 Å². The summed E-state index contributed by atoms with van der Waals surface area (Å²) in [5, 5.41) is 0.574. The molecule has 4 rings (SSSR count). The molecule has 4 nitrogen and oxygen atoms in total. The van der Waals surface area contributed by atoms with E-state index in [0.717, 1.165) is 6.42 Å². The first-order valence-electron chi connectivity index (χ1n) is 10.3. The second-order valence-corrected chi connectivity index (χ2v) is 8.96. The zero-order chi connectivity index (χ0) is 20.4. The van der Waals surface area contributed by atoms with Crippen molar-refractivity contribution in [1.29, 1.82) is 0 Å². The molecule has 1 spiro atoms. The molecule has 0 aliphatic carbocycles. The minimum atomic E-state index is -0.452. The summed E-state index contributed by atoms with van der Waals surface area (Å²) < 4.78 is 12.7. The molecule has 0 N–H and O–H groups in total. The van der Waals surface area contributed by atoms with Crippen LogP contribution < -0.4 is 0 Å². The highest BCUT2D eigenvalue weighted by Gasteiger charge is 2.47.